The SMILES string of the molecule is COC(=O)C1CCCC1S(=O)(=O)N(CCC(C)C)C1CC1. The Balaban J connectivity index is 2.15. The van der Waals surface area contributed by atoms with E-state index < -0.39 is 21.2 Å². The summed E-state index contributed by atoms with van der Waals surface area (Å²) in [5.74, 6) is -0.387. The monoisotopic (exact) mass is 317 g/mol. The summed E-state index contributed by atoms with van der Waals surface area (Å²) in [7, 11) is -2.07. The van der Waals surface area contributed by atoms with Crippen LogP contribution in [-0.2, 0) is 19.6 Å². The van der Waals surface area contributed by atoms with Crippen molar-refractivity contribution < 1.29 is 17.9 Å². The molecule has 2 rings (SSSR count). The highest BCUT2D eigenvalue weighted by molar-refractivity contribution is 7.89. The Bertz CT molecular complexity index is 470. The molecule has 0 bridgehead atoms. The third-order valence-electron chi connectivity index (χ3n) is 4.55. The van der Waals surface area contributed by atoms with Crippen molar-refractivity contribution in [3.8, 4) is 0 Å². The molecule has 0 aliphatic heterocycles. The van der Waals surface area contributed by atoms with E-state index in [1.54, 1.807) is 4.31 Å². The lowest BCUT2D eigenvalue weighted by Gasteiger charge is -2.28. The van der Waals surface area contributed by atoms with Crippen LogP contribution in [0.4, 0.5) is 0 Å². The van der Waals surface area contributed by atoms with E-state index in [1.807, 2.05) is 0 Å². The average molecular weight is 317 g/mol. The van der Waals surface area contributed by atoms with E-state index in [4.69, 9.17) is 4.74 Å². The number of carbonyl (C=O) groups excluding carboxylic acids is 1. The minimum atomic E-state index is -3.40. The maximum absolute atomic E-state index is 13.0. The first kappa shape index (κ1) is 16.7. The molecule has 0 heterocycles. The number of carbonyl (C=O) groups is 1. The molecule has 2 aliphatic rings. The molecule has 0 saturated heterocycles. The van der Waals surface area contributed by atoms with Crippen LogP contribution in [0.2, 0.25) is 0 Å². The van der Waals surface area contributed by atoms with Crippen molar-refractivity contribution in [1.29, 1.82) is 0 Å². The topological polar surface area (TPSA) is 63.7 Å². The molecule has 2 fully saturated rings. The molecule has 0 N–H and O–H groups in total. The molecular formula is C15H27NO4S. The van der Waals surface area contributed by atoms with Crippen molar-refractivity contribution in [1.82, 2.24) is 4.31 Å². The van der Waals surface area contributed by atoms with Gasteiger partial charge >= 0.3 is 5.97 Å². The van der Waals surface area contributed by atoms with Crippen LogP contribution in [0, 0.1) is 11.8 Å². The van der Waals surface area contributed by atoms with Gasteiger partial charge in [-0.25, -0.2) is 8.42 Å². The molecule has 0 spiro atoms. The zero-order chi connectivity index (χ0) is 15.6. The van der Waals surface area contributed by atoms with Gasteiger partial charge in [-0.1, -0.05) is 20.3 Å². The second kappa shape index (κ2) is 6.65. The van der Waals surface area contributed by atoms with Crippen molar-refractivity contribution in [2.24, 2.45) is 11.8 Å². The molecule has 6 heteroatoms. The summed E-state index contributed by atoms with van der Waals surface area (Å²) in [4.78, 5) is 11.8. The Kier molecular flexibility index (Phi) is 5.30. The van der Waals surface area contributed by atoms with Gasteiger partial charge in [-0.2, -0.15) is 4.31 Å². The van der Waals surface area contributed by atoms with E-state index in [2.05, 4.69) is 13.8 Å². The standard InChI is InChI=1S/C15H27NO4S/c1-11(2)9-10-16(12-7-8-12)21(18,19)14-6-4-5-13(14)15(17)20-3/h11-14H,4-10H2,1-3H3. The van der Waals surface area contributed by atoms with Gasteiger partial charge in [-0.15, -0.1) is 0 Å². The van der Waals surface area contributed by atoms with Gasteiger partial charge < -0.3 is 4.74 Å². The van der Waals surface area contributed by atoms with Gasteiger partial charge in [0.15, 0.2) is 0 Å². The van der Waals surface area contributed by atoms with Crippen LogP contribution in [0.25, 0.3) is 0 Å². The van der Waals surface area contributed by atoms with Crippen LogP contribution in [0.1, 0.15) is 52.4 Å². The molecule has 2 unspecified atom stereocenters. The Morgan fingerprint density at radius 2 is 1.90 bits per heavy atom. The number of ether oxygens (including phenoxy) is 1. The van der Waals surface area contributed by atoms with Crippen LogP contribution in [0.3, 0.4) is 0 Å². The number of sulfonamides is 1. The lowest BCUT2D eigenvalue weighted by atomic mass is 10.1. The van der Waals surface area contributed by atoms with E-state index >= 15 is 0 Å². The fourth-order valence-electron chi connectivity index (χ4n) is 3.14. The third kappa shape index (κ3) is 3.77. The highest BCUT2D eigenvalue weighted by Gasteiger charge is 2.48. The van der Waals surface area contributed by atoms with Gasteiger partial charge in [0, 0.05) is 12.6 Å². The zero-order valence-corrected chi connectivity index (χ0v) is 14.1. The Morgan fingerprint density at radius 3 is 2.43 bits per heavy atom. The number of hydrogen-bond acceptors (Lipinski definition) is 4. The summed E-state index contributed by atoms with van der Waals surface area (Å²) < 4.78 is 32.4. The maximum Gasteiger partial charge on any atom is 0.310 e. The zero-order valence-electron chi connectivity index (χ0n) is 13.2. The predicted octanol–water partition coefficient (Wildman–Crippen LogP) is 2.17. The highest BCUT2D eigenvalue weighted by Crippen LogP contribution is 2.38. The van der Waals surface area contributed by atoms with E-state index in [-0.39, 0.29) is 12.0 Å². The molecule has 2 aliphatic carbocycles. The molecule has 0 aromatic carbocycles. The molecule has 5 nitrogen and oxygen atoms in total. The van der Waals surface area contributed by atoms with Crippen LogP contribution in [0.15, 0.2) is 0 Å². The van der Waals surface area contributed by atoms with E-state index in [1.165, 1.54) is 7.11 Å². The fourth-order valence-corrected chi connectivity index (χ4v) is 5.60. The number of nitrogens with zero attached hydrogens (tertiary/aromatic N) is 1. The first-order valence-corrected chi connectivity index (χ1v) is 9.46. The van der Waals surface area contributed by atoms with Crippen molar-refractivity contribution in [2.75, 3.05) is 13.7 Å². The van der Waals surface area contributed by atoms with Crippen LogP contribution < -0.4 is 0 Å². The molecule has 2 saturated carbocycles. The number of hydrogen-bond donors (Lipinski definition) is 0. The Morgan fingerprint density at radius 1 is 1.24 bits per heavy atom. The summed E-state index contributed by atoms with van der Waals surface area (Å²) >= 11 is 0. The lowest BCUT2D eigenvalue weighted by Crippen LogP contribution is -2.44. The van der Waals surface area contributed by atoms with Gasteiger partial charge in [0.25, 0.3) is 0 Å². The van der Waals surface area contributed by atoms with Crippen molar-refractivity contribution in [2.45, 2.75) is 63.7 Å². The molecular weight excluding hydrogens is 290 g/mol. The molecule has 0 radical (unpaired) electrons. The Labute approximate surface area is 128 Å². The van der Waals surface area contributed by atoms with E-state index in [0.717, 1.165) is 25.7 Å². The maximum atomic E-state index is 13.0. The van der Waals surface area contributed by atoms with Crippen LogP contribution in [0.5, 0.6) is 0 Å². The molecule has 0 aromatic heterocycles. The van der Waals surface area contributed by atoms with Crippen molar-refractivity contribution >= 4 is 16.0 Å². The second-order valence-electron chi connectivity index (χ2n) is 6.67. The molecule has 122 valence electrons. The first-order valence-electron chi connectivity index (χ1n) is 7.96. The normalized spacial score (nSPS) is 26.5. The number of methoxy groups -OCH3 is 1. The largest absolute Gasteiger partial charge is 0.469 e. The molecule has 0 amide bonds. The lowest BCUT2D eigenvalue weighted by molar-refractivity contribution is -0.145. The van der Waals surface area contributed by atoms with Crippen LogP contribution in [-0.4, -0.2) is 43.6 Å². The second-order valence-corrected chi connectivity index (χ2v) is 8.77. The summed E-state index contributed by atoms with van der Waals surface area (Å²) in [5, 5.41) is -0.585. The molecule has 0 aromatic rings. The Hall–Kier alpha value is -0.620. The van der Waals surface area contributed by atoms with Crippen LogP contribution >= 0.6 is 0 Å². The quantitative estimate of drug-likeness (QED) is 0.675. The van der Waals surface area contributed by atoms with Crippen molar-refractivity contribution in [3.63, 3.8) is 0 Å². The fraction of sp³-hybridized carbons (Fsp3) is 0.933. The van der Waals surface area contributed by atoms with E-state index in [0.29, 0.717) is 25.3 Å². The average Bonchev–Trinajstić information content (AvgIpc) is 3.12. The van der Waals surface area contributed by atoms with Crippen molar-refractivity contribution in [3.05, 3.63) is 0 Å². The molecule has 21 heavy (non-hydrogen) atoms. The summed E-state index contributed by atoms with van der Waals surface area (Å²) in [6.07, 6.45) is 4.75. The van der Waals surface area contributed by atoms with Gasteiger partial charge in [0.2, 0.25) is 10.0 Å². The number of rotatable bonds is 7. The molecule has 2 atom stereocenters. The van der Waals surface area contributed by atoms with Gasteiger partial charge in [-0.05, 0) is 38.0 Å². The minimum Gasteiger partial charge on any atom is -0.469 e. The van der Waals surface area contributed by atoms with Gasteiger partial charge in [0.05, 0.1) is 18.3 Å². The number of esters is 1. The smallest absolute Gasteiger partial charge is 0.310 e. The highest BCUT2D eigenvalue weighted by atomic mass is 32.2. The summed E-state index contributed by atoms with van der Waals surface area (Å²) in [6.45, 7) is 4.78. The summed E-state index contributed by atoms with van der Waals surface area (Å²) in [5.41, 5.74) is 0. The predicted molar refractivity (Wildman–Crippen MR) is 81.2 cm³/mol. The first-order chi connectivity index (χ1) is 9.87. The van der Waals surface area contributed by atoms with Gasteiger partial charge in [-0.3, -0.25) is 4.79 Å². The summed E-state index contributed by atoms with van der Waals surface area (Å²) in [6, 6.07) is 0.160. The van der Waals surface area contributed by atoms with Gasteiger partial charge in [0.1, 0.15) is 0 Å². The minimum absolute atomic E-state index is 0.160. The third-order valence-corrected chi connectivity index (χ3v) is 7.01. The van der Waals surface area contributed by atoms with E-state index in [9.17, 15) is 13.2 Å².